The lowest BCUT2D eigenvalue weighted by molar-refractivity contribution is -0.120. The monoisotopic (exact) mass is 412 g/mol. The number of aromatic nitrogens is 4. The topological polar surface area (TPSA) is 85.2 Å². The van der Waals surface area contributed by atoms with E-state index in [1.54, 1.807) is 36.2 Å². The zero-order valence-corrected chi connectivity index (χ0v) is 16.7. The Morgan fingerprint density at radius 2 is 2.14 bits per heavy atom. The fourth-order valence-electron chi connectivity index (χ4n) is 3.45. The zero-order chi connectivity index (χ0) is 20.2. The van der Waals surface area contributed by atoms with E-state index in [0.717, 1.165) is 25.2 Å². The molecule has 1 saturated heterocycles. The van der Waals surface area contributed by atoms with Crippen molar-refractivity contribution in [1.82, 2.24) is 19.7 Å². The number of anilines is 2. The first kappa shape index (κ1) is 19.2. The van der Waals surface area contributed by atoms with Crippen molar-refractivity contribution in [2.75, 3.05) is 30.4 Å². The highest BCUT2D eigenvalue weighted by molar-refractivity contribution is 6.31. The molecule has 2 aromatic heterocycles. The molecule has 9 heteroatoms. The van der Waals surface area contributed by atoms with Crippen LogP contribution in [0.3, 0.4) is 0 Å². The van der Waals surface area contributed by atoms with Crippen LogP contribution in [0.5, 0.6) is 5.75 Å². The SMILES string of the molecule is COc1ccc(Cl)cc1NC(=O)C1CCCN(c2cc(-n3cccn3)ncn2)C1. The summed E-state index contributed by atoms with van der Waals surface area (Å²) in [5.74, 6) is 1.82. The predicted molar refractivity (Wildman–Crippen MR) is 111 cm³/mol. The number of nitrogens with zero attached hydrogens (tertiary/aromatic N) is 5. The number of methoxy groups -OCH3 is 1. The minimum atomic E-state index is -0.171. The third-order valence-corrected chi connectivity index (χ3v) is 5.15. The summed E-state index contributed by atoms with van der Waals surface area (Å²) in [5, 5.41) is 7.70. The van der Waals surface area contributed by atoms with Crippen LogP contribution in [0.25, 0.3) is 5.82 Å². The van der Waals surface area contributed by atoms with Crippen molar-refractivity contribution in [2.45, 2.75) is 12.8 Å². The first-order valence-electron chi connectivity index (χ1n) is 9.35. The predicted octanol–water partition coefficient (Wildman–Crippen LogP) is 3.18. The minimum Gasteiger partial charge on any atom is -0.495 e. The Morgan fingerprint density at radius 1 is 1.28 bits per heavy atom. The number of halogens is 1. The van der Waals surface area contributed by atoms with Gasteiger partial charge in [-0.1, -0.05) is 11.6 Å². The molecular weight excluding hydrogens is 392 g/mol. The largest absolute Gasteiger partial charge is 0.495 e. The molecule has 0 spiro atoms. The van der Waals surface area contributed by atoms with Crippen LogP contribution in [0.4, 0.5) is 11.5 Å². The van der Waals surface area contributed by atoms with Gasteiger partial charge >= 0.3 is 0 Å². The van der Waals surface area contributed by atoms with E-state index >= 15 is 0 Å². The van der Waals surface area contributed by atoms with Crippen LogP contribution in [-0.2, 0) is 4.79 Å². The molecule has 0 saturated carbocycles. The van der Waals surface area contributed by atoms with E-state index < -0.39 is 0 Å². The van der Waals surface area contributed by atoms with E-state index in [2.05, 4.69) is 25.3 Å². The van der Waals surface area contributed by atoms with E-state index in [4.69, 9.17) is 16.3 Å². The highest BCUT2D eigenvalue weighted by Crippen LogP contribution is 2.29. The van der Waals surface area contributed by atoms with Crippen LogP contribution >= 0.6 is 11.6 Å². The van der Waals surface area contributed by atoms with Gasteiger partial charge in [0.05, 0.1) is 18.7 Å². The van der Waals surface area contributed by atoms with Gasteiger partial charge in [-0.2, -0.15) is 5.10 Å². The summed E-state index contributed by atoms with van der Waals surface area (Å²) < 4.78 is 7.00. The van der Waals surface area contributed by atoms with Gasteiger partial charge < -0.3 is 15.0 Å². The average Bonchev–Trinajstić information content (AvgIpc) is 3.29. The molecule has 8 nitrogen and oxygen atoms in total. The summed E-state index contributed by atoms with van der Waals surface area (Å²) in [6.07, 6.45) is 6.76. The molecule has 3 heterocycles. The van der Waals surface area contributed by atoms with Crippen molar-refractivity contribution >= 4 is 29.0 Å². The van der Waals surface area contributed by atoms with Crippen molar-refractivity contribution in [3.63, 3.8) is 0 Å². The third-order valence-electron chi connectivity index (χ3n) is 4.91. The van der Waals surface area contributed by atoms with Crippen LogP contribution in [0.2, 0.25) is 5.02 Å². The number of carbonyl (C=O) groups excluding carboxylic acids is 1. The maximum atomic E-state index is 12.9. The normalized spacial score (nSPS) is 16.5. The summed E-state index contributed by atoms with van der Waals surface area (Å²) in [6, 6.07) is 8.88. The lowest BCUT2D eigenvalue weighted by atomic mass is 9.97. The smallest absolute Gasteiger partial charge is 0.229 e. The van der Waals surface area contributed by atoms with Gasteiger partial charge in [0.15, 0.2) is 5.82 Å². The number of rotatable bonds is 5. The molecule has 1 amide bonds. The van der Waals surface area contributed by atoms with Crippen LogP contribution in [0.15, 0.2) is 49.1 Å². The number of amides is 1. The Morgan fingerprint density at radius 3 is 2.93 bits per heavy atom. The van der Waals surface area contributed by atoms with Gasteiger partial charge in [0.25, 0.3) is 0 Å². The van der Waals surface area contributed by atoms with Crippen molar-refractivity contribution < 1.29 is 9.53 Å². The molecular formula is C20H21ClN6O2. The standard InChI is InChI=1S/C20H21ClN6O2/c1-29-17-6-5-15(21)10-16(17)25-20(28)14-4-2-8-26(12-14)18-11-19(23-13-22-18)27-9-3-7-24-27/h3,5-7,9-11,13-14H,2,4,8,12H2,1H3,(H,25,28). The molecule has 1 fully saturated rings. The molecule has 1 aliphatic rings. The van der Waals surface area contributed by atoms with Gasteiger partial charge in [-0.25, -0.2) is 14.6 Å². The minimum absolute atomic E-state index is 0.0587. The number of ether oxygens (including phenoxy) is 1. The number of nitrogens with one attached hydrogen (secondary N) is 1. The van der Waals surface area contributed by atoms with Gasteiger partial charge in [0.1, 0.15) is 17.9 Å². The van der Waals surface area contributed by atoms with Crippen LogP contribution in [0.1, 0.15) is 12.8 Å². The van der Waals surface area contributed by atoms with E-state index in [9.17, 15) is 4.79 Å². The maximum absolute atomic E-state index is 12.9. The molecule has 1 atom stereocenters. The Bertz CT molecular complexity index is 994. The van der Waals surface area contributed by atoms with Crippen LogP contribution in [0, 0.1) is 5.92 Å². The third kappa shape index (κ3) is 4.32. The number of piperidine rings is 1. The summed E-state index contributed by atoms with van der Waals surface area (Å²) in [6.45, 7) is 1.41. The molecule has 0 aliphatic carbocycles. The second kappa shape index (κ2) is 8.48. The van der Waals surface area contributed by atoms with E-state index in [-0.39, 0.29) is 11.8 Å². The Hall–Kier alpha value is -3.13. The molecule has 1 unspecified atom stereocenters. The summed E-state index contributed by atoms with van der Waals surface area (Å²) in [7, 11) is 1.56. The maximum Gasteiger partial charge on any atom is 0.229 e. The van der Waals surface area contributed by atoms with Crippen LogP contribution in [-0.4, -0.2) is 45.9 Å². The van der Waals surface area contributed by atoms with E-state index in [1.807, 2.05) is 18.3 Å². The molecule has 4 rings (SSSR count). The lowest BCUT2D eigenvalue weighted by Crippen LogP contribution is -2.41. The van der Waals surface area contributed by atoms with E-state index in [1.165, 1.54) is 6.33 Å². The van der Waals surface area contributed by atoms with Gasteiger partial charge in [-0.15, -0.1) is 0 Å². The molecule has 0 radical (unpaired) electrons. The highest BCUT2D eigenvalue weighted by Gasteiger charge is 2.27. The van der Waals surface area contributed by atoms with Gasteiger partial charge in [0.2, 0.25) is 5.91 Å². The molecule has 1 N–H and O–H groups in total. The second-order valence-electron chi connectivity index (χ2n) is 6.80. The van der Waals surface area contributed by atoms with Crippen molar-refractivity contribution in [1.29, 1.82) is 0 Å². The Labute approximate surface area is 173 Å². The number of hydrogen-bond donors (Lipinski definition) is 1. The lowest BCUT2D eigenvalue weighted by Gasteiger charge is -2.33. The Balaban J connectivity index is 1.48. The quantitative estimate of drug-likeness (QED) is 0.692. The molecule has 150 valence electrons. The fourth-order valence-corrected chi connectivity index (χ4v) is 3.62. The zero-order valence-electron chi connectivity index (χ0n) is 16.0. The molecule has 3 aromatic rings. The van der Waals surface area contributed by atoms with Gasteiger partial charge in [-0.05, 0) is 37.1 Å². The number of benzene rings is 1. The highest BCUT2D eigenvalue weighted by atomic mass is 35.5. The average molecular weight is 413 g/mol. The van der Waals surface area contributed by atoms with Crippen molar-refractivity contribution in [3.05, 3.63) is 54.1 Å². The summed E-state index contributed by atoms with van der Waals surface area (Å²) in [4.78, 5) is 23.7. The van der Waals surface area contributed by atoms with Crippen molar-refractivity contribution in [3.8, 4) is 11.6 Å². The van der Waals surface area contributed by atoms with Gasteiger partial charge in [-0.3, -0.25) is 4.79 Å². The summed E-state index contributed by atoms with van der Waals surface area (Å²) >= 11 is 6.07. The number of carbonyl (C=O) groups is 1. The van der Waals surface area contributed by atoms with Crippen molar-refractivity contribution in [2.24, 2.45) is 5.92 Å². The second-order valence-corrected chi connectivity index (χ2v) is 7.24. The first-order chi connectivity index (χ1) is 14.1. The first-order valence-corrected chi connectivity index (χ1v) is 9.73. The van der Waals surface area contributed by atoms with Crippen LogP contribution < -0.4 is 15.0 Å². The fraction of sp³-hybridized carbons (Fsp3) is 0.300. The molecule has 29 heavy (non-hydrogen) atoms. The molecule has 1 aromatic carbocycles. The Kier molecular flexibility index (Phi) is 5.62. The summed E-state index contributed by atoms with van der Waals surface area (Å²) in [5.41, 5.74) is 0.574. The molecule has 0 bridgehead atoms. The number of hydrogen-bond acceptors (Lipinski definition) is 6. The molecule has 1 aliphatic heterocycles. The van der Waals surface area contributed by atoms with Gasteiger partial charge in [0, 0.05) is 36.6 Å². The van der Waals surface area contributed by atoms with E-state index in [0.29, 0.717) is 28.8 Å².